The van der Waals surface area contributed by atoms with Crippen molar-refractivity contribution in [3.63, 3.8) is 0 Å². The van der Waals surface area contributed by atoms with Crippen LogP contribution in [0.5, 0.6) is 0 Å². The lowest BCUT2D eigenvalue weighted by atomic mass is 9.67. The first kappa shape index (κ1) is 44.9. The molecule has 1 aliphatic carbocycles. The largest absolute Gasteiger partial charge is 0.310 e. The van der Waals surface area contributed by atoms with Crippen LogP contribution in [0.15, 0.2) is 279 Å². The van der Waals surface area contributed by atoms with E-state index in [0.717, 1.165) is 22.6 Å². The third-order valence-electron chi connectivity index (χ3n) is 15.6. The summed E-state index contributed by atoms with van der Waals surface area (Å²) >= 11 is 0. The summed E-state index contributed by atoms with van der Waals surface area (Å²) in [6.07, 6.45) is 0. The number of rotatable bonds is 9. The summed E-state index contributed by atoms with van der Waals surface area (Å²) in [6.45, 7) is 6.89. The molecule has 0 fully saturated rings. The van der Waals surface area contributed by atoms with Crippen LogP contribution in [0.3, 0.4) is 0 Å². The van der Waals surface area contributed by atoms with Crippen molar-refractivity contribution in [1.29, 1.82) is 0 Å². The van der Waals surface area contributed by atoms with Crippen molar-refractivity contribution in [2.24, 2.45) is 0 Å². The molecule has 0 aliphatic heterocycles. The zero-order chi connectivity index (χ0) is 49.8. The van der Waals surface area contributed by atoms with Gasteiger partial charge in [-0.2, -0.15) is 0 Å². The van der Waals surface area contributed by atoms with Crippen LogP contribution in [0.1, 0.15) is 48.6 Å². The number of benzene rings is 12. The lowest BCUT2D eigenvalue weighted by Crippen LogP contribution is -2.28. The molecule has 0 aromatic heterocycles. The van der Waals surface area contributed by atoms with E-state index in [9.17, 15) is 0 Å². The lowest BCUT2D eigenvalue weighted by molar-refractivity contribution is 0.589. The second kappa shape index (κ2) is 18.2. The highest BCUT2D eigenvalue weighted by Gasteiger charge is 2.47. The summed E-state index contributed by atoms with van der Waals surface area (Å²) in [4.78, 5) is 2.45. The minimum absolute atomic E-state index is 0.0176. The first-order chi connectivity index (χ1) is 36.3. The van der Waals surface area contributed by atoms with Gasteiger partial charge in [-0.15, -0.1) is 0 Å². The predicted molar refractivity (Wildman–Crippen MR) is 314 cm³/mol. The van der Waals surface area contributed by atoms with Crippen molar-refractivity contribution in [2.45, 2.75) is 31.6 Å². The fraction of sp³-hybridized carbons (Fsp3) is 0.0685. The molecule has 0 spiro atoms. The molecule has 74 heavy (non-hydrogen) atoms. The number of nitrogens with zero attached hydrogens (tertiary/aromatic N) is 1. The lowest BCUT2D eigenvalue weighted by Gasteiger charge is -2.35. The molecule has 0 bridgehead atoms. The highest BCUT2D eigenvalue weighted by molar-refractivity contribution is 6.02. The van der Waals surface area contributed by atoms with Crippen LogP contribution in [0.2, 0.25) is 0 Å². The maximum absolute atomic E-state index is 2.45. The Labute approximate surface area is 435 Å². The first-order valence-corrected chi connectivity index (χ1v) is 25.9. The zero-order valence-corrected chi connectivity index (χ0v) is 42.0. The topological polar surface area (TPSA) is 3.24 Å². The highest BCUT2D eigenvalue weighted by Crippen LogP contribution is 2.59. The molecular weight excluding hydrogens is 891 g/mol. The van der Waals surface area contributed by atoms with Gasteiger partial charge in [0.1, 0.15) is 0 Å². The second-order valence-corrected chi connectivity index (χ2v) is 20.8. The minimum atomic E-state index is -0.586. The number of fused-ring (bicyclic) bond motifs is 5. The van der Waals surface area contributed by atoms with Gasteiger partial charge < -0.3 is 4.90 Å². The smallest absolute Gasteiger partial charge is 0.0713 e. The molecule has 0 saturated carbocycles. The second-order valence-electron chi connectivity index (χ2n) is 20.8. The van der Waals surface area contributed by atoms with E-state index in [0.29, 0.717) is 0 Å². The van der Waals surface area contributed by atoms with E-state index in [1.165, 1.54) is 99.4 Å². The maximum Gasteiger partial charge on any atom is 0.0713 e. The van der Waals surface area contributed by atoms with Crippen molar-refractivity contribution < 1.29 is 0 Å². The van der Waals surface area contributed by atoms with Crippen molar-refractivity contribution in [3.05, 3.63) is 307 Å². The van der Waals surface area contributed by atoms with E-state index in [1.54, 1.807) is 0 Å². The van der Waals surface area contributed by atoms with Crippen LogP contribution in [0, 0.1) is 0 Å². The highest BCUT2D eigenvalue weighted by atomic mass is 15.1. The van der Waals surface area contributed by atoms with Crippen LogP contribution in [0.25, 0.3) is 77.2 Å². The Morgan fingerprint density at radius 1 is 0.297 bits per heavy atom. The normalized spacial score (nSPS) is 13.9. The van der Waals surface area contributed by atoms with E-state index in [1.807, 2.05) is 0 Å². The van der Waals surface area contributed by atoms with Crippen LogP contribution in [-0.2, 0) is 10.8 Å². The Balaban J connectivity index is 1.01. The Morgan fingerprint density at radius 2 is 0.716 bits per heavy atom. The summed E-state index contributed by atoms with van der Waals surface area (Å²) in [5.74, 6) is 0. The van der Waals surface area contributed by atoms with Gasteiger partial charge in [-0.3, -0.25) is 0 Å². The van der Waals surface area contributed by atoms with Crippen molar-refractivity contribution in [2.75, 3.05) is 4.90 Å². The van der Waals surface area contributed by atoms with E-state index >= 15 is 0 Å². The van der Waals surface area contributed by atoms with Crippen LogP contribution < -0.4 is 4.90 Å². The van der Waals surface area contributed by atoms with Crippen LogP contribution in [-0.4, -0.2) is 0 Å². The summed E-state index contributed by atoms with van der Waals surface area (Å²) in [7, 11) is 0. The van der Waals surface area contributed by atoms with Crippen molar-refractivity contribution in [1.82, 2.24) is 0 Å². The van der Waals surface area contributed by atoms with Gasteiger partial charge in [-0.1, -0.05) is 269 Å². The average Bonchev–Trinajstić information content (AvgIpc) is 3.86. The molecular formula is C73H55N. The van der Waals surface area contributed by atoms with Crippen molar-refractivity contribution in [3.8, 4) is 55.6 Å². The van der Waals surface area contributed by atoms with Gasteiger partial charge >= 0.3 is 0 Å². The predicted octanol–water partition coefficient (Wildman–Crippen LogP) is 19.8. The molecule has 0 heterocycles. The number of hydrogen-bond acceptors (Lipinski definition) is 1. The molecule has 12 aromatic carbocycles. The van der Waals surface area contributed by atoms with E-state index < -0.39 is 5.41 Å². The molecule has 1 atom stereocenters. The average molecular weight is 946 g/mol. The van der Waals surface area contributed by atoms with Crippen LogP contribution in [0.4, 0.5) is 17.1 Å². The summed E-state index contributed by atoms with van der Waals surface area (Å²) < 4.78 is 0. The number of anilines is 3. The Bertz CT molecular complexity index is 3880. The molecule has 0 radical (unpaired) electrons. The number of para-hydroxylation sites is 1. The molecule has 1 heteroatoms. The van der Waals surface area contributed by atoms with Gasteiger partial charge in [-0.05, 0) is 135 Å². The SMILES string of the molecule is CC(C)(C)c1ccc(C2(c3ccc(-c4ccccc4)cc3)c3ccccc3-c3c(-c4ccccc4N(c4ccc(-c5cccc6ccccc56)cc4)c4ccc(-c5cccc6ccccc56)cc4)cccc32)cc1. The molecule has 1 unspecified atom stereocenters. The summed E-state index contributed by atoms with van der Waals surface area (Å²) in [5, 5.41) is 4.98. The Morgan fingerprint density at radius 3 is 1.31 bits per heavy atom. The van der Waals surface area contributed by atoms with Crippen LogP contribution >= 0.6 is 0 Å². The molecule has 13 rings (SSSR count). The standard InChI is InChI=1S/C73H55N/c1-72(2,3)56-42-44-58(45-43-56)73(57-40-34-51(35-41-57)50-18-5-4-6-19-50)68-31-13-11-27-67(68)71-66(30-17-32-69(71)73)65-26-12-14-33-70(65)74(59-46-36-54(37-47-59)63-28-15-22-52-20-7-9-24-61(52)63)60-48-38-55(39-49-60)64-29-16-23-53-21-8-10-25-62(53)64/h4-49H,1-3H3. The number of hydrogen-bond donors (Lipinski definition) is 0. The molecule has 0 saturated heterocycles. The molecule has 0 amide bonds. The van der Waals surface area contributed by atoms with E-state index in [4.69, 9.17) is 0 Å². The Kier molecular flexibility index (Phi) is 11.0. The first-order valence-electron chi connectivity index (χ1n) is 25.9. The quantitative estimate of drug-likeness (QED) is 0.139. The van der Waals surface area contributed by atoms with Gasteiger partial charge in [0.25, 0.3) is 0 Å². The Hall–Kier alpha value is -9.04. The van der Waals surface area contributed by atoms with Gasteiger partial charge in [0.15, 0.2) is 0 Å². The fourth-order valence-electron chi connectivity index (χ4n) is 12.0. The monoisotopic (exact) mass is 945 g/mol. The molecule has 1 nitrogen and oxygen atoms in total. The minimum Gasteiger partial charge on any atom is -0.310 e. The van der Waals surface area contributed by atoms with Gasteiger partial charge in [0, 0.05) is 16.9 Å². The molecule has 1 aliphatic rings. The third-order valence-corrected chi connectivity index (χ3v) is 15.6. The summed E-state index contributed by atoms with van der Waals surface area (Å²) in [5.41, 5.74) is 21.2. The molecule has 12 aromatic rings. The fourth-order valence-corrected chi connectivity index (χ4v) is 12.0. The summed E-state index contributed by atoms with van der Waals surface area (Å²) in [6, 6.07) is 104. The van der Waals surface area contributed by atoms with Gasteiger partial charge in [-0.25, -0.2) is 0 Å². The van der Waals surface area contributed by atoms with E-state index in [-0.39, 0.29) is 5.41 Å². The zero-order valence-electron chi connectivity index (χ0n) is 42.0. The van der Waals surface area contributed by atoms with Gasteiger partial charge in [0.05, 0.1) is 11.1 Å². The van der Waals surface area contributed by atoms with E-state index in [2.05, 4.69) is 305 Å². The maximum atomic E-state index is 2.45. The molecule has 352 valence electrons. The molecule has 0 N–H and O–H groups in total. The van der Waals surface area contributed by atoms with Gasteiger partial charge in [0.2, 0.25) is 0 Å². The third kappa shape index (κ3) is 7.55. The van der Waals surface area contributed by atoms with Crippen molar-refractivity contribution >= 4 is 38.6 Å².